The van der Waals surface area contributed by atoms with Crippen molar-refractivity contribution in [2.24, 2.45) is 5.92 Å². The van der Waals surface area contributed by atoms with Gasteiger partial charge in [0.2, 0.25) is 0 Å². The Bertz CT molecular complexity index is 251. The second-order valence-corrected chi connectivity index (χ2v) is 7.07. The summed E-state index contributed by atoms with van der Waals surface area (Å²) in [6, 6.07) is 0.734. The molecule has 0 aliphatic carbocycles. The Kier molecular flexibility index (Phi) is 6.79. The highest BCUT2D eigenvalue weighted by molar-refractivity contribution is 4.79. The molecule has 0 aromatic rings. The lowest BCUT2D eigenvalue weighted by atomic mass is 9.95. The Morgan fingerprint density at radius 2 is 1.50 bits per heavy atom. The minimum absolute atomic E-state index is 0.734. The fraction of sp³-hybridized carbons (Fsp3) is 1.00. The van der Waals surface area contributed by atoms with Crippen LogP contribution in [-0.2, 0) is 0 Å². The number of rotatable bonds is 6. The molecule has 0 amide bonds. The van der Waals surface area contributed by atoms with Gasteiger partial charge in [-0.2, -0.15) is 0 Å². The zero-order chi connectivity index (χ0) is 14.4. The van der Waals surface area contributed by atoms with Crippen molar-refractivity contribution in [3.05, 3.63) is 0 Å². The molecule has 2 aliphatic rings. The number of nitrogens with zero attached hydrogens (tertiary/aromatic N) is 3. The number of hydrogen-bond acceptors (Lipinski definition) is 3. The highest BCUT2D eigenvalue weighted by Crippen LogP contribution is 2.20. The van der Waals surface area contributed by atoms with E-state index in [1.165, 1.54) is 78.0 Å². The van der Waals surface area contributed by atoms with Gasteiger partial charge in [-0.3, -0.25) is 0 Å². The van der Waals surface area contributed by atoms with E-state index in [9.17, 15) is 0 Å². The van der Waals surface area contributed by atoms with Crippen LogP contribution in [0.2, 0.25) is 0 Å². The molecule has 2 rings (SSSR count). The van der Waals surface area contributed by atoms with Crippen LogP contribution >= 0.6 is 0 Å². The Labute approximate surface area is 126 Å². The molecule has 2 fully saturated rings. The van der Waals surface area contributed by atoms with Gasteiger partial charge in [-0.15, -0.1) is 0 Å². The molecule has 2 saturated heterocycles. The Morgan fingerprint density at radius 1 is 0.900 bits per heavy atom. The molecule has 2 heterocycles. The maximum Gasteiger partial charge on any atom is 0.0110 e. The van der Waals surface area contributed by atoms with Gasteiger partial charge < -0.3 is 14.7 Å². The number of hydrogen-bond donors (Lipinski definition) is 0. The van der Waals surface area contributed by atoms with Crippen LogP contribution in [0.4, 0.5) is 0 Å². The van der Waals surface area contributed by atoms with Crippen LogP contribution in [0.15, 0.2) is 0 Å². The topological polar surface area (TPSA) is 9.72 Å². The van der Waals surface area contributed by atoms with Crippen molar-refractivity contribution in [3.63, 3.8) is 0 Å². The molecule has 2 aliphatic heterocycles. The van der Waals surface area contributed by atoms with Crippen molar-refractivity contribution in [2.75, 3.05) is 52.4 Å². The first-order chi connectivity index (χ1) is 9.69. The maximum absolute atomic E-state index is 2.72. The molecule has 20 heavy (non-hydrogen) atoms. The Hall–Kier alpha value is -0.120. The maximum atomic E-state index is 2.72. The highest BCUT2D eigenvalue weighted by atomic mass is 15.3. The lowest BCUT2D eigenvalue weighted by Crippen LogP contribution is -2.49. The van der Waals surface area contributed by atoms with Gasteiger partial charge in [-0.25, -0.2) is 0 Å². The molecule has 0 spiro atoms. The van der Waals surface area contributed by atoms with Crippen molar-refractivity contribution in [1.82, 2.24) is 14.7 Å². The summed E-state index contributed by atoms with van der Waals surface area (Å²) in [6.45, 7) is 17.5. The molecule has 0 bridgehead atoms. The summed E-state index contributed by atoms with van der Waals surface area (Å²) in [5.74, 6) is 0.951. The van der Waals surface area contributed by atoms with Crippen LogP contribution in [0.25, 0.3) is 0 Å². The molecule has 0 radical (unpaired) electrons. The fourth-order valence-electron chi connectivity index (χ4n) is 3.59. The monoisotopic (exact) mass is 281 g/mol. The molecular weight excluding hydrogens is 246 g/mol. The van der Waals surface area contributed by atoms with E-state index in [0.717, 1.165) is 12.0 Å². The van der Waals surface area contributed by atoms with E-state index in [1.54, 1.807) is 0 Å². The summed E-state index contributed by atoms with van der Waals surface area (Å²) in [6.07, 6.45) is 5.52. The summed E-state index contributed by atoms with van der Waals surface area (Å²) in [7, 11) is 0. The van der Waals surface area contributed by atoms with Crippen molar-refractivity contribution in [3.8, 4) is 0 Å². The molecule has 0 atom stereocenters. The molecule has 3 heteroatoms. The molecule has 118 valence electrons. The molecule has 0 aromatic carbocycles. The van der Waals surface area contributed by atoms with Gasteiger partial charge in [-0.05, 0) is 58.7 Å². The van der Waals surface area contributed by atoms with Crippen LogP contribution in [0.1, 0.15) is 46.5 Å². The summed E-state index contributed by atoms with van der Waals surface area (Å²) in [4.78, 5) is 8.01. The van der Waals surface area contributed by atoms with Crippen LogP contribution in [0, 0.1) is 5.92 Å². The normalized spacial score (nSPS) is 24.6. The zero-order valence-corrected chi connectivity index (χ0v) is 14.0. The average Bonchev–Trinajstić information content (AvgIpc) is 2.47. The quantitative estimate of drug-likeness (QED) is 0.741. The van der Waals surface area contributed by atoms with Crippen molar-refractivity contribution in [1.29, 1.82) is 0 Å². The third-order valence-electron chi connectivity index (χ3n) is 5.19. The van der Waals surface area contributed by atoms with Crippen LogP contribution in [0.5, 0.6) is 0 Å². The molecule has 0 aromatic heterocycles. The van der Waals surface area contributed by atoms with E-state index in [4.69, 9.17) is 0 Å². The number of piperazine rings is 1. The van der Waals surface area contributed by atoms with Crippen molar-refractivity contribution < 1.29 is 0 Å². The van der Waals surface area contributed by atoms with Gasteiger partial charge in [0.1, 0.15) is 0 Å². The molecule has 0 unspecified atom stereocenters. The number of piperidine rings is 1. The Morgan fingerprint density at radius 3 is 2.05 bits per heavy atom. The van der Waals surface area contributed by atoms with Crippen LogP contribution in [-0.4, -0.2) is 73.1 Å². The van der Waals surface area contributed by atoms with E-state index in [1.807, 2.05) is 0 Å². The smallest absolute Gasteiger partial charge is 0.0110 e. The second-order valence-electron chi connectivity index (χ2n) is 7.07. The van der Waals surface area contributed by atoms with E-state index in [0.29, 0.717) is 0 Å². The van der Waals surface area contributed by atoms with E-state index >= 15 is 0 Å². The molecule has 0 N–H and O–H groups in total. The first-order valence-electron chi connectivity index (χ1n) is 8.87. The fourth-order valence-corrected chi connectivity index (χ4v) is 3.59. The van der Waals surface area contributed by atoms with E-state index in [-0.39, 0.29) is 0 Å². The van der Waals surface area contributed by atoms with E-state index in [2.05, 4.69) is 35.5 Å². The third kappa shape index (κ3) is 5.01. The SMILES string of the molecule is CCCCN1CCN(CC2CCN(C(C)C)CC2)CC1. The largest absolute Gasteiger partial charge is 0.301 e. The standard InChI is InChI=1S/C17H35N3/c1-4-5-8-18-11-13-19(14-12-18)15-17-6-9-20(10-7-17)16(2)3/h16-17H,4-15H2,1-3H3. The first-order valence-corrected chi connectivity index (χ1v) is 8.87. The van der Waals surface area contributed by atoms with Gasteiger partial charge in [0.25, 0.3) is 0 Å². The van der Waals surface area contributed by atoms with Gasteiger partial charge >= 0.3 is 0 Å². The minimum atomic E-state index is 0.734. The summed E-state index contributed by atoms with van der Waals surface area (Å²) < 4.78 is 0. The van der Waals surface area contributed by atoms with Crippen molar-refractivity contribution in [2.45, 2.75) is 52.5 Å². The molecule has 0 saturated carbocycles. The second kappa shape index (κ2) is 8.35. The number of unbranched alkanes of at least 4 members (excludes halogenated alkanes) is 1. The lowest BCUT2D eigenvalue weighted by molar-refractivity contribution is 0.0869. The van der Waals surface area contributed by atoms with Gasteiger partial charge in [-0.1, -0.05) is 13.3 Å². The Balaban J connectivity index is 1.61. The zero-order valence-electron chi connectivity index (χ0n) is 14.0. The summed E-state index contributed by atoms with van der Waals surface area (Å²) in [5, 5.41) is 0. The number of likely N-dealkylation sites (tertiary alicyclic amines) is 1. The lowest BCUT2D eigenvalue weighted by Gasteiger charge is -2.39. The van der Waals surface area contributed by atoms with Gasteiger partial charge in [0, 0.05) is 38.8 Å². The average molecular weight is 281 g/mol. The van der Waals surface area contributed by atoms with Crippen molar-refractivity contribution >= 4 is 0 Å². The first kappa shape index (κ1) is 16.3. The predicted molar refractivity (Wildman–Crippen MR) is 87.2 cm³/mol. The van der Waals surface area contributed by atoms with Crippen LogP contribution < -0.4 is 0 Å². The summed E-state index contributed by atoms with van der Waals surface area (Å²) in [5.41, 5.74) is 0. The van der Waals surface area contributed by atoms with Crippen LogP contribution in [0.3, 0.4) is 0 Å². The predicted octanol–water partition coefficient (Wildman–Crippen LogP) is 2.52. The molecular formula is C17H35N3. The van der Waals surface area contributed by atoms with Gasteiger partial charge in [0.05, 0.1) is 0 Å². The molecule has 3 nitrogen and oxygen atoms in total. The van der Waals surface area contributed by atoms with Gasteiger partial charge in [0.15, 0.2) is 0 Å². The third-order valence-corrected chi connectivity index (χ3v) is 5.19. The summed E-state index contributed by atoms with van der Waals surface area (Å²) >= 11 is 0. The highest BCUT2D eigenvalue weighted by Gasteiger charge is 2.24. The van der Waals surface area contributed by atoms with E-state index < -0.39 is 0 Å². The minimum Gasteiger partial charge on any atom is -0.301 e.